The molecular weight excluding hydrogens is 270 g/mol. The summed E-state index contributed by atoms with van der Waals surface area (Å²) in [4.78, 5) is 14.5. The van der Waals surface area contributed by atoms with Gasteiger partial charge in [-0.2, -0.15) is 0 Å². The molecule has 106 valence electrons. The maximum Gasteiger partial charge on any atom is 0.261 e. The minimum absolute atomic E-state index is 0.0302. The zero-order valence-corrected chi connectivity index (χ0v) is 12.7. The van der Waals surface area contributed by atoms with Crippen molar-refractivity contribution in [1.82, 2.24) is 5.32 Å². The molecule has 1 aliphatic rings. The number of rotatable bonds is 3. The fourth-order valence-corrected chi connectivity index (χ4v) is 3.89. The number of carbonyl (C=O) groups excluding carboxylic acids is 1. The molecule has 0 saturated carbocycles. The van der Waals surface area contributed by atoms with Gasteiger partial charge < -0.3 is 9.73 Å². The molecule has 0 bridgehead atoms. The number of carbonyl (C=O) groups is 1. The Morgan fingerprint density at radius 3 is 2.80 bits per heavy atom. The second-order valence-electron chi connectivity index (χ2n) is 5.39. The van der Waals surface area contributed by atoms with Crippen LogP contribution in [-0.4, -0.2) is 5.91 Å². The average molecular weight is 289 g/mol. The summed E-state index contributed by atoms with van der Waals surface area (Å²) in [5.74, 6) is 1.80. The molecule has 3 rings (SSSR count). The number of fused-ring (bicyclic) bond motifs is 1. The van der Waals surface area contributed by atoms with Crippen molar-refractivity contribution in [3.05, 3.63) is 44.5 Å². The predicted molar refractivity (Wildman–Crippen MR) is 80.3 cm³/mol. The van der Waals surface area contributed by atoms with Crippen LogP contribution in [0.4, 0.5) is 0 Å². The highest BCUT2D eigenvalue weighted by Gasteiger charge is 2.17. The molecule has 0 fully saturated rings. The van der Waals surface area contributed by atoms with Gasteiger partial charge in [-0.1, -0.05) is 0 Å². The molecule has 0 saturated heterocycles. The Morgan fingerprint density at radius 1 is 1.30 bits per heavy atom. The van der Waals surface area contributed by atoms with Crippen molar-refractivity contribution >= 4 is 17.2 Å². The number of furan rings is 1. The SMILES string of the molecule is Cc1cc(CNC(=O)c2cc3c(s2)CCCC3)c(C)o1. The summed E-state index contributed by atoms with van der Waals surface area (Å²) in [6, 6.07) is 4.05. The van der Waals surface area contributed by atoms with Gasteiger partial charge in [-0.05, 0) is 57.2 Å². The van der Waals surface area contributed by atoms with E-state index in [1.807, 2.05) is 19.9 Å². The summed E-state index contributed by atoms with van der Waals surface area (Å²) >= 11 is 1.65. The third-order valence-electron chi connectivity index (χ3n) is 3.80. The first-order valence-corrected chi connectivity index (χ1v) is 7.91. The van der Waals surface area contributed by atoms with Crippen molar-refractivity contribution in [2.75, 3.05) is 0 Å². The molecule has 1 aliphatic carbocycles. The van der Waals surface area contributed by atoms with E-state index in [9.17, 15) is 4.79 Å². The maximum atomic E-state index is 12.2. The van der Waals surface area contributed by atoms with Gasteiger partial charge in [0.15, 0.2) is 0 Å². The molecule has 2 aromatic heterocycles. The fraction of sp³-hybridized carbons (Fsp3) is 0.438. The van der Waals surface area contributed by atoms with Crippen molar-refractivity contribution in [2.24, 2.45) is 0 Å². The van der Waals surface area contributed by atoms with Gasteiger partial charge in [0.2, 0.25) is 0 Å². The Morgan fingerprint density at radius 2 is 2.10 bits per heavy atom. The summed E-state index contributed by atoms with van der Waals surface area (Å²) < 4.78 is 5.47. The van der Waals surface area contributed by atoms with E-state index in [0.717, 1.165) is 34.8 Å². The van der Waals surface area contributed by atoms with Gasteiger partial charge in [0.05, 0.1) is 4.88 Å². The number of hydrogen-bond donors (Lipinski definition) is 1. The summed E-state index contributed by atoms with van der Waals surface area (Å²) in [5.41, 5.74) is 2.43. The van der Waals surface area contributed by atoms with E-state index in [2.05, 4.69) is 11.4 Å². The number of aryl methyl sites for hydroxylation is 4. The monoisotopic (exact) mass is 289 g/mol. The molecule has 0 aliphatic heterocycles. The lowest BCUT2D eigenvalue weighted by atomic mass is 9.99. The Bertz CT molecular complexity index is 615. The smallest absolute Gasteiger partial charge is 0.261 e. The van der Waals surface area contributed by atoms with Gasteiger partial charge in [-0.3, -0.25) is 4.79 Å². The molecule has 2 heterocycles. The second-order valence-corrected chi connectivity index (χ2v) is 6.52. The van der Waals surface area contributed by atoms with Gasteiger partial charge in [0.1, 0.15) is 11.5 Å². The van der Waals surface area contributed by atoms with Crippen molar-refractivity contribution in [2.45, 2.75) is 46.1 Å². The zero-order chi connectivity index (χ0) is 14.1. The molecule has 3 nitrogen and oxygen atoms in total. The van der Waals surface area contributed by atoms with Gasteiger partial charge in [0, 0.05) is 17.0 Å². The molecule has 0 atom stereocenters. The zero-order valence-electron chi connectivity index (χ0n) is 11.9. The first kappa shape index (κ1) is 13.4. The number of hydrogen-bond acceptors (Lipinski definition) is 3. The van der Waals surface area contributed by atoms with Crippen LogP contribution in [0.1, 0.15) is 50.0 Å². The Balaban J connectivity index is 1.67. The number of nitrogens with one attached hydrogen (secondary N) is 1. The molecule has 2 aromatic rings. The van der Waals surface area contributed by atoms with Crippen molar-refractivity contribution in [3.8, 4) is 0 Å². The van der Waals surface area contributed by atoms with Gasteiger partial charge in [0.25, 0.3) is 5.91 Å². The minimum Gasteiger partial charge on any atom is -0.466 e. The quantitative estimate of drug-likeness (QED) is 0.934. The number of amides is 1. The van der Waals surface area contributed by atoms with Crippen LogP contribution in [0.25, 0.3) is 0 Å². The lowest BCUT2D eigenvalue weighted by Crippen LogP contribution is -2.21. The van der Waals surface area contributed by atoms with E-state index in [1.165, 1.54) is 23.3 Å². The highest BCUT2D eigenvalue weighted by molar-refractivity contribution is 7.14. The van der Waals surface area contributed by atoms with E-state index in [-0.39, 0.29) is 5.91 Å². The van der Waals surface area contributed by atoms with Crippen LogP contribution < -0.4 is 5.32 Å². The fourth-order valence-electron chi connectivity index (χ4n) is 2.72. The van der Waals surface area contributed by atoms with Crippen molar-refractivity contribution < 1.29 is 9.21 Å². The molecule has 4 heteroatoms. The van der Waals surface area contributed by atoms with Crippen LogP contribution >= 0.6 is 11.3 Å². The Labute approximate surface area is 123 Å². The molecule has 1 amide bonds. The van der Waals surface area contributed by atoms with Crippen molar-refractivity contribution in [1.29, 1.82) is 0 Å². The van der Waals surface area contributed by atoms with E-state index < -0.39 is 0 Å². The Hall–Kier alpha value is -1.55. The Kier molecular flexibility index (Phi) is 3.66. The highest BCUT2D eigenvalue weighted by Crippen LogP contribution is 2.29. The van der Waals surface area contributed by atoms with Gasteiger partial charge >= 0.3 is 0 Å². The van der Waals surface area contributed by atoms with E-state index >= 15 is 0 Å². The summed E-state index contributed by atoms with van der Waals surface area (Å²) in [6.45, 7) is 4.38. The minimum atomic E-state index is 0.0302. The van der Waals surface area contributed by atoms with Crippen LogP contribution in [-0.2, 0) is 19.4 Å². The summed E-state index contributed by atoms with van der Waals surface area (Å²) in [6.07, 6.45) is 4.76. The first-order valence-electron chi connectivity index (χ1n) is 7.09. The molecule has 0 spiro atoms. The van der Waals surface area contributed by atoms with Crippen molar-refractivity contribution in [3.63, 3.8) is 0 Å². The average Bonchev–Trinajstić information content (AvgIpc) is 2.99. The van der Waals surface area contributed by atoms with Gasteiger partial charge in [-0.15, -0.1) is 11.3 Å². The maximum absolute atomic E-state index is 12.2. The molecule has 1 N–H and O–H groups in total. The lowest BCUT2D eigenvalue weighted by molar-refractivity contribution is 0.0955. The molecular formula is C16H19NO2S. The third-order valence-corrected chi connectivity index (χ3v) is 5.04. The van der Waals surface area contributed by atoms with E-state index in [4.69, 9.17) is 4.42 Å². The van der Waals surface area contributed by atoms with Crippen LogP contribution in [0.15, 0.2) is 16.5 Å². The molecule has 0 unspecified atom stereocenters. The number of thiophene rings is 1. The standard InChI is InChI=1S/C16H19NO2S/c1-10-7-13(11(2)19-10)9-17-16(18)15-8-12-5-3-4-6-14(12)20-15/h7-8H,3-6,9H2,1-2H3,(H,17,18). The normalized spacial score (nSPS) is 14.1. The lowest BCUT2D eigenvalue weighted by Gasteiger charge is -2.08. The van der Waals surface area contributed by atoms with Crippen LogP contribution in [0.5, 0.6) is 0 Å². The largest absolute Gasteiger partial charge is 0.466 e. The van der Waals surface area contributed by atoms with Crippen LogP contribution in [0, 0.1) is 13.8 Å². The topological polar surface area (TPSA) is 42.2 Å². The highest BCUT2D eigenvalue weighted by atomic mass is 32.1. The summed E-state index contributed by atoms with van der Waals surface area (Å²) in [7, 11) is 0. The van der Waals surface area contributed by atoms with E-state index in [0.29, 0.717) is 6.54 Å². The van der Waals surface area contributed by atoms with E-state index in [1.54, 1.807) is 11.3 Å². The first-order chi connectivity index (χ1) is 9.63. The summed E-state index contributed by atoms with van der Waals surface area (Å²) in [5, 5.41) is 2.99. The second kappa shape index (κ2) is 5.44. The van der Waals surface area contributed by atoms with Crippen LogP contribution in [0.3, 0.4) is 0 Å². The molecule has 0 radical (unpaired) electrons. The molecule has 20 heavy (non-hydrogen) atoms. The third kappa shape index (κ3) is 2.66. The predicted octanol–water partition coefficient (Wildman–Crippen LogP) is 3.77. The van der Waals surface area contributed by atoms with Gasteiger partial charge in [-0.25, -0.2) is 0 Å². The molecule has 0 aromatic carbocycles. The van der Waals surface area contributed by atoms with Crippen LogP contribution in [0.2, 0.25) is 0 Å².